The second-order valence-electron chi connectivity index (χ2n) is 3.70. The van der Waals surface area contributed by atoms with E-state index < -0.39 is 0 Å². The molecule has 1 radical (unpaired) electrons. The van der Waals surface area contributed by atoms with Crippen molar-refractivity contribution in [3.63, 3.8) is 0 Å². The Morgan fingerprint density at radius 2 is 1.44 bits per heavy atom. The van der Waals surface area contributed by atoms with Gasteiger partial charge in [-0.15, -0.1) is 29.0 Å². The van der Waals surface area contributed by atoms with E-state index in [1.165, 1.54) is 21.9 Å². The second-order valence-corrected chi connectivity index (χ2v) is 3.70. The molecule has 0 aliphatic carbocycles. The van der Waals surface area contributed by atoms with Gasteiger partial charge >= 0.3 is 26.2 Å². The minimum absolute atomic E-state index is 0. The molecule has 0 heterocycles. The van der Waals surface area contributed by atoms with Crippen LogP contribution in [0.15, 0.2) is 66.7 Å². The Morgan fingerprint density at radius 1 is 0.722 bits per heavy atom. The Labute approximate surface area is 124 Å². The molecule has 0 aromatic heterocycles. The summed E-state index contributed by atoms with van der Waals surface area (Å²) in [6, 6.07) is 23.4. The molecule has 3 rings (SSSR count). The molecular formula is C15H11F2Zr. The Hall–Kier alpha value is -1.21. The summed E-state index contributed by atoms with van der Waals surface area (Å²) < 4.78 is 0. The molecule has 0 aliphatic heterocycles. The summed E-state index contributed by atoms with van der Waals surface area (Å²) in [5.74, 6) is 0. The molecule has 18 heavy (non-hydrogen) atoms. The van der Waals surface area contributed by atoms with Crippen molar-refractivity contribution in [3.05, 3.63) is 66.7 Å². The second kappa shape index (κ2) is 7.28. The third-order valence-electron chi connectivity index (χ3n) is 2.76. The molecule has 0 amide bonds. The normalized spacial score (nSPS) is 8.89. The van der Waals surface area contributed by atoms with Crippen LogP contribution in [-0.4, -0.2) is 0 Å². The van der Waals surface area contributed by atoms with Crippen LogP contribution in [0.25, 0.3) is 21.9 Å². The standard InChI is InChI=1S/C15H11.2FH.Zr/c1-2-6-12(7-3-1)14-10-4-8-13-9-5-11-15(13)14;;;/h1-11H;2*1H;/q-1;;;+3/p-2. The van der Waals surface area contributed by atoms with E-state index in [0.717, 1.165) is 0 Å². The molecule has 0 nitrogen and oxygen atoms in total. The van der Waals surface area contributed by atoms with Gasteiger partial charge in [-0.3, -0.25) is 0 Å². The van der Waals surface area contributed by atoms with E-state index in [4.69, 9.17) is 0 Å². The van der Waals surface area contributed by atoms with Crippen molar-refractivity contribution >= 4 is 10.8 Å². The maximum atomic E-state index is 2.18. The molecule has 0 saturated carbocycles. The third kappa shape index (κ3) is 2.97. The van der Waals surface area contributed by atoms with Crippen molar-refractivity contribution in [2.45, 2.75) is 0 Å². The van der Waals surface area contributed by atoms with Gasteiger partial charge in [-0.05, 0) is 5.56 Å². The van der Waals surface area contributed by atoms with Gasteiger partial charge in [0, 0.05) is 0 Å². The molecular weight excluding hydrogens is 309 g/mol. The number of rotatable bonds is 1. The monoisotopic (exact) mass is 319 g/mol. The summed E-state index contributed by atoms with van der Waals surface area (Å²) in [6.45, 7) is 0. The molecule has 0 N–H and O–H groups in total. The summed E-state index contributed by atoms with van der Waals surface area (Å²) in [7, 11) is 0. The molecule has 3 aromatic carbocycles. The van der Waals surface area contributed by atoms with Gasteiger partial charge in [0.2, 0.25) is 0 Å². The minimum Gasteiger partial charge on any atom is -1.00 e. The first-order valence-corrected chi connectivity index (χ1v) is 5.15. The molecule has 0 fully saturated rings. The molecule has 89 valence electrons. The summed E-state index contributed by atoms with van der Waals surface area (Å²) in [5.41, 5.74) is 2.60. The van der Waals surface area contributed by atoms with Crippen molar-refractivity contribution in [1.29, 1.82) is 0 Å². The molecule has 0 atom stereocenters. The van der Waals surface area contributed by atoms with Gasteiger partial charge in [0.1, 0.15) is 0 Å². The van der Waals surface area contributed by atoms with Gasteiger partial charge in [-0.2, -0.15) is 12.1 Å². The first kappa shape index (κ1) is 16.8. The van der Waals surface area contributed by atoms with E-state index in [1.54, 1.807) is 0 Å². The maximum absolute atomic E-state index is 2.18. The smallest absolute Gasteiger partial charge is 1.00 e. The fourth-order valence-corrected chi connectivity index (χ4v) is 2.03. The van der Waals surface area contributed by atoms with E-state index in [-0.39, 0.29) is 35.6 Å². The Kier molecular flexibility index (Phi) is 6.79. The predicted molar refractivity (Wildman–Crippen MR) is 65.0 cm³/mol. The average molecular weight is 320 g/mol. The third-order valence-corrected chi connectivity index (χ3v) is 2.76. The molecule has 0 unspecified atom stereocenters. The fraction of sp³-hybridized carbons (Fsp3) is 0. The van der Waals surface area contributed by atoms with Gasteiger partial charge in [0.05, 0.1) is 0 Å². The number of hydrogen-bond acceptors (Lipinski definition) is 0. The van der Waals surface area contributed by atoms with E-state index >= 15 is 0 Å². The summed E-state index contributed by atoms with van der Waals surface area (Å²) >= 11 is 0. The summed E-state index contributed by atoms with van der Waals surface area (Å²) in [4.78, 5) is 0. The van der Waals surface area contributed by atoms with Crippen molar-refractivity contribution in [2.24, 2.45) is 0 Å². The quantitative estimate of drug-likeness (QED) is 0.466. The van der Waals surface area contributed by atoms with Crippen molar-refractivity contribution in [3.8, 4) is 11.1 Å². The molecule has 3 heteroatoms. The van der Waals surface area contributed by atoms with Crippen LogP contribution in [0.3, 0.4) is 0 Å². The van der Waals surface area contributed by atoms with E-state index in [2.05, 4.69) is 66.7 Å². The van der Waals surface area contributed by atoms with Crippen LogP contribution >= 0.6 is 0 Å². The first-order valence-electron chi connectivity index (χ1n) is 5.15. The Balaban J connectivity index is 0.000000963. The number of halogens is 2. The minimum atomic E-state index is 0. The topological polar surface area (TPSA) is 0 Å². The summed E-state index contributed by atoms with van der Waals surface area (Å²) in [5, 5.41) is 2.65. The SMILES string of the molecule is [F-].[F-].[Zr+3].c1ccc(-c2cccc3[cH-]ccc23)cc1. The molecule has 3 aromatic rings. The van der Waals surface area contributed by atoms with Gasteiger partial charge in [-0.25, -0.2) is 0 Å². The zero-order valence-corrected chi connectivity index (χ0v) is 12.1. The summed E-state index contributed by atoms with van der Waals surface area (Å²) in [6.07, 6.45) is 0. The van der Waals surface area contributed by atoms with Crippen LogP contribution in [0.5, 0.6) is 0 Å². The van der Waals surface area contributed by atoms with Crippen molar-refractivity contribution in [1.82, 2.24) is 0 Å². The van der Waals surface area contributed by atoms with Crippen molar-refractivity contribution < 1.29 is 35.6 Å². The number of hydrogen-bond donors (Lipinski definition) is 0. The fourth-order valence-electron chi connectivity index (χ4n) is 2.03. The maximum Gasteiger partial charge on any atom is 3.00 e. The van der Waals surface area contributed by atoms with Crippen molar-refractivity contribution in [2.75, 3.05) is 0 Å². The zero-order valence-electron chi connectivity index (χ0n) is 9.61. The van der Waals surface area contributed by atoms with Crippen LogP contribution in [0, 0.1) is 0 Å². The van der Waals surface area contributed by atoms with E-state index in [0.29, 0.717) is 0 Å². The van der Waals surface area contributed by atoms with E-state index in [1.807, 2.05) is 0 Å². The van der Waals surface area contributed by atoms with Crippen LogP contribution in [0.1, 0.15) is 0 Å². The van der Waals surface area contributed by atoms with Gasteiger partial charge in [0.15, 0.2) is 0 Å². The molecule has 0 bridgehead atoms. The van der Waals surface area contributed by atoms with Gasteiger partial charge in [0.25, 0.3) is 0 Å². The molecule has 0 saturated heterocycles. The average Bonchev–Trinajstić information content (AvgIpc) is 2.78. The molecule has 0 aliphatic rings. The predicted octanol–water partition coefficient (Wildman–Crippen LogP) is -1.77. The van der Waals surface area contributed by atoms with Crippen LogP contribution < -0.4 is 9.41 Å². The van der Waals surface area contributed by atoms with Gasteiger partial charge in [-0.1, -0.05) is 42.0 Å². The Bertz CT molecular complexity index is 588. The van der Waals surface area contributed by atoms with Crippen LogP contribution in [0.2, 0.25) is 0 Å². The van der Waals surface area contributed by atoms with E-state index in [9.17, 15) is 0 Å². The van der Waals surface area contributed by atoms with Gasteiger partial charge < -0.3 is 9.41 Å². The Morgan fingerprint density at radius 3 is 2.17 bits per heavy atom. The van der Waals surface area contributed by atoms with Crippen LogP contribution in [-0.2, 0) is 26.2 Å². The number of fused-ring (bicyclic) bond motifs is 1. The van der Waals surface area contributed by atoms with Crippen LogP contribution in [0.4, 0.5) is 0 Å². The zero-order chi connectivity index (χ0) is 10.1. The number of benzene rings is 2. The largest absolute Gasteiger partial charge is 3.00 e. The molecule has 0 spiro atoms. The first-order chi connectivity index (χ1) is 7.45.